The molecule has 4 rings (SSSR count). The Labute approximate surface area is 292 Å². The van der Waals surface area contributed by atoms with E-state index in [1.807, 2.05) is 55.5 Å². The monoisotopic (exact) mass is 689 g/mol. The van der Waals surface area contributed by atoms with Crippen LogP contribution in [0.15, 0.2) is 60.9 Å². The van der Waals surface area contributed by atoms with Gasteiger partial charge >= 0.3 is 5.97 Å². The summed E-state index contributed by atoms with van der Waals surface area (Å²) >= 11 is 0. The Balaban J connectivity index is 1.15. The lowest BCUT2D eigenvalue weighted by molar-refractivity contribution is -0.198. The highest BCUT2D eigenvalue weighted by atomic mass is 16.7. The molecule has 0 unspecified atom stereocenters. The van der Waals surface area contributed by atoms with Gasteiger partial charge in [0.25, 0.3) is 11.8 Å². The van der Waals surface area contributed by atoms with E-state index in [4.69, 9.17) is 23.8 Å². The van der Waals surface area contributed by atoms with Gasteiger partial charge < -0.3 is 33.6 Å². The van der Waals surface area contributed by atoms with Crippen LogP contribution in [-0.2, 0) is 54.3 Å². The quantitative estimate of drug-likeness (QED) is 0.0882. The fourth-order valence-corrected chi connectivity index (χ4v) is 5.08. The molecule has 0 atom stereocenters. The summed E-state index contributed by atoms with van der Waals surface area (Å²) in [4.78, 5) is 69.8. The van der Waals surface area contributed by atoms with E-state index in [9.17, 15) is 24.0 Å². The standard InChI is InChI=1S/C37H43N3O10/c1-2-20-46-23-19-38(18-15-34(42)39-28-31-9-4-3-7-29(31)11-12-30-8-5-6-10-32(30)39)33(41)16-21-47-24-26-49-27-25-48-22-17-37(45)50-40-35(43)13-14-36(40)44/h2-10,20H,13-19,21-28H2,1H3/b20-2-. The number of anilines is 1. The Morgan fingerprint density at radius 1 is 0.760 bits per heavy atom. The third-order valence-corrected chi connectivity index (χ3v) is 7.69. The number of hydrogen-bond donors (Lipinski definition) is 0. The highest BCUT2D eigenvalue weighted by Crippen LogP contribution is 2.26. The molecule has 2 heterocycles. The SMILES string of the molecule is C/C=C\OCCN(CCC(=O)N1Cc2ccccc2C#Cc2ccccc21)C(=O)CCOCCOCCOCCC(=O)ON1C(=O)CCC1=O. The van der Waals surface area contributed by atoms with Crippen LogP contribution < -0.4 is 4.90 Å². The number of imide groups is 1. The van der Waals surface area contributed by atoms with Crippen LogP contribution in [0.4, 0.5) is 5.69 Å². The summed E-state index contributed by atoms with van der Waals surface area (Å²) in [5.41, 5.74) is 3.35. The first-order chi connectivity index (χ1) is 24.4. The van der Waals surface area contributed by atoms with E-state index in [1.54, 1.807) is 22.1 Å². The molecule has 0 aromatic heterocycles. The van der Waals surface area contributed by atoms with Crippen LogP contribution in [0.3, 0.4) is 0 Å². The van der Waals surface area contributed by atoms with Crippen molar-refractivity contribution >= 4 is 35.3 Å². The molecule has 4 amide bonds. The number of amides is 4. The summed E-state index contributed by atoms with van der Waals surface area (Å²) in [5, 5.41) is 0.504. The molecule has 13 heteroatoms. The van der Waals surface area contributed by atoms with E-state index in [1.165, 1.54) is 0 Å². The Hall–Kier alpha value is -5.03. The second-order valence-electron chi connectivity index (χ2n) is 11.3. The summed E-state index contributed by atoms with van der Waals surface area (Å²) < 4.78 is 21.8. The van der Waals surface area contributed by atoms with E-state index in [0.717, 1.165) is 22.4 Å². The van der Waals surface area contributed by atoms with Crippen molar-refractivity contribution in [3.63, 3.8) is 0 Å². The molecule has 50 heavy (non-hydrogen) atoms. The van der Waals surface area contributed by atoms with Crippen LogP contribution in [0.25, 0.3) is 0 Å². The minimum Gasteiger partial charge on any atom is -0.500 e. The smallest absolute Gasteiger partial charge is 0.335 e. The summed E-state index contributed by atoms with van der Waals surface area (Å²) in [6.45, 7) is 4.28. The number of ether oxygens (including phenoxy) is 4. The zero-order chi connectivity index (χ0) is 35.6. The van der Waals surface area contributed by atoms with Crippen LogP contribution in [0.5, 0.6) is 0 Å². The van der Waals surface area contributed by atoms with Crippen molar-refractivity contribution in [3.05, 3.63) is 77.6 Å². The summed E-state index contributed by atoms with van der Waals surface area (Å²) in [6, 6.07) is 15.4. The van der Waals surface area contributed by atoms with Gasteiger partial charge in [-0.25, -0.2) is 4.79 Å². The number of rotatable bonds is 20. The van der Waals surface area contributed by atoms with Crippen molar-refractivity contribution < 1.29 is 47.8 Å². The van der Waals surface area contributed by atoms with Crippen LogP contribution >= 0.6 is 0 Å². The maximum Gasteiger partial charge on any atom is 0.335 e. The second-order valence-corrected chi connectivity index (χ2v) is 11.3. The molecule has 0 radical (unpaired) electrons. The fraction of sp³-hybridized carbons (Fsp3) is 0.432. The van der Waals surface area contributed by atoms with Gasteiger partial charge in [-0.05, 0) is 30.7 Å². The molecule has 266 valence electrons. The largest absolute Gasteiger partial charge is 0.500 e. The van der Waals surface area contributed by atoms with E-state index in [2.05, 4.69) is 11.8 Å². The van der Waals surface area contributed by atoms with Crippen LogP contribution in [0, 0.1) is 11.8 Å². The fourth-order valence-electron chi connectivity index (χ4n) is 5.08. The number of benzene rings is 2. The predicted molar refractivity (Wildman–Crippen MR) is 181 cm³/mol. The van der Waals surface area contributed by atoms with Gasteiger partial charge in [0.2, 0.25) is 11.8 Å². The van der Waals surface area contributed by atoms with Crippen molar-refractivity contribution in [2.75, 3.05) is 64.2 Å². The minimum absolute atomic E-state index is 0.0373. The molecule has 1 fully saturated rings. The minimum atomic E-state index is -0.729. The van der Waals surface area contributed by atoms with Gasteiger partial charge in [0.1, 0.15) is 6.61 Å². The normalized spacial score (nSPS) is 13.6. The van der Waals surface area contributed by atoms with Gasteiger partial charge in [-0.15, -0.1) is 5.06 Å². The van der Waals surface area contributed by atoms with Crippen molar-refractivity contribution in [1.29, 1.82) is 0 Å². The maximum atomic E-state index is 13.7. The lowest BCUT2D eigenvalue weighted by Gasteiger charge is -2.28. The molecule has 2 aliphatic rings. The Morgan fingerprint density at radius 3 is 2.10 bits per heavy atom. The third-order valence-electron chi connectivity index (χ3n) is 7.69. The number of hydroxylamine groups is 2. The first-order valence-electron chi connectivity index (χ1n) is 16.7. The zero-order valence-corrected chi connectivity index (χ0v) is 28.3. The highest BCUT2D eigenvalue weighted by Gasteiger charge is 2.32. The molecule has 2 aliphatic heterocycles. The maximum absolute atomic E-state index is 13.7. The molecular formula is C37H43N3O10. The first-order valence-corrected chi connectivity index (χ1v) is 16.7. The zero-order valence-electron chi connectivity index (χ0n) is 28.3. The number of carbonyl (C=O) groups excluding carboxylic acids is 5. The van der Waals surface area contributed by atoms with Gasteiger partial charge in [-0.3, -0.25) is 19.2 Å². The van der Waals surface area contributed by atoms with E-state index in [-0.39, 0.29) is 96.7 Å². The van der Waals surface area contributed by atoms with Gasteiger partial charge in [0.05, 0.1) is 77.5 Å². The van der Waals surface area contributed by atoms with E-state index < -0.39 is 17.8 Å². The average Bonchev–Trinajstić information content (AvgIpc) is 3.43. The summed E-state index contributed by atoms with van der Waals surface area (Å²) in [7, 11) is 0. The van der Waals surface area contributed by atoms with Gasteiger partial charge in [0, 0.05) is 36.9 Å². The number of allylic oxidation sites excluding steroid dienone is 1. The Bertz CT molecular complexity index is 1560. The highest BCUT2D eigenvalue weighted by molar-refractivity contribution is 6.01. The number of carbonyl (C=O) groups is 5. The van der Waals surface area contributed by atoms with E-state index >= 15 is 0 Å². The predicted octanol–water partition coefficient (Wildman–Crippen LogP) is 3.14. The second kappa shape index (κ2) is 20.5. The Kier molecular flexibility index (Phi) is 15.5. The van der Waals surface area contributed by atoms with Crippen molar-refractivity contribution in [3.8, 4) is 11.8 Å². The molecule has 0 bridgehead atoms. The molecule has 13 nitrogen and oxygen atoms in total. The molecule has 2 aromatic carbocycles. The molecular weight excluding hydrogens is 646 g/mol. The number of para-hydroxylation sites is 1. The van der Waals surface area contributed by atoms with Crippen LogP contribution in [0.2, 0.25) is 0 Å². The van der Waals surface area contributed by atoms with Crippen molar-refractivity contribution in [2.45, 2.75) is 45.6 Å². The van der Waals surface area contributed by atoms with Crippen molar-refractivity contribution in [1.82, 2.24) is 9.96 Å². The summed E-state index contributed by atoms with van der Waals surface area (Å²) in [6.07, 6.45) is 3.53. The topological polar surface area (TPSA) is 141 Å². The Morgan fingerprint density at radius 2 is 1.38 bits per heavy atom. The first kappa shape index (κ1) is 37.8. The van der Waals surface area contributed by atoms with Crippen LogP contribution in [-0.4, -0.2) is 98.9 Å². The molecule has 0 N–H and O–H groups in total. The van der Waals surface area contributed by atoms with Gasteiger partial charge in [-0.2, -0.15) is 0 Å². The lowest BCUT2D eigenvalue weighted by Crippen LogP contribution is -2.39. The van der Waals surface area contributed by atoms with Crippen molar-refractivity contribution in [2.24, 2.45) is 0 Å². The number of nitrogens with zero attached hydrogens (tertiary/aromatic N) is 3. The van der Waals surface area contributed by atoms with Crippen LogP contribution in [0.1, 0.15) is 55.7 Å². The van der Waals surface area contributed by atoms with Gasteiger partial charge in [-0.1, -0.05) is 48.2 Å². The average molecular weight is 690 g/mol. The molecule has 0 saturated carbocycles. The lowest BCUT2D eigenvalue weighted by atomic mass is 10.0. The molecule has 0 spiro atoms. The molecule has 1 saturated heterocycles. The number of fused-ring (bicyclic) bond motifs is 2. The summed E-state index contributed by atoms with van der Waals surface area (Å²) in [5.74, 6) is 4.37. The van der Waals surface area contributed by atoms with Gasteiger partial charge in [0.15, 0.2) is 0 Å². The molecule has 0 aliphatic carbocycles. The molecule has 2 aromatic rings. The third kappa shape index (κ3) is 11.8. The number of hydrogen-bond acceptors (Lipinski definition) is 10. The van der Waals surface area contributed by atoms with E-state index in [0.29, 0.717) is 18.2 Å².